The lowest BCUT2D eigenvalue weighted by atomic mass is 10.0. The number of aryl methyl sites for hydroxylation is 1. The number of nitrogens with zero attached hydrogens (tertiary/aromatic N) is 3. The van der Waals surface area contributed by atoms with Gasteiger partial charge in [-0.1, -0.05) is 0 Å². The molecule has 1 fully saturated rings. The fourth-order valence-corrected chi connectivity index (χ4v) is 2.34. The number of ether oxygens (including phenoxy) is 1. The highest BCUT2D eigenvalue weighted by atomic mass is 16.6. The van der Waals surface area contributed by atoms with Gasteiger partial charge in [-0.3, -0.25) is 14.9 Å². The Labute approximate surface area is 115 Å². The third-order valence-electron chi connectivity index (χ3n) is 3.45. The second-order valence-electron chi connectivity index (χ2n) is 4.75. The van der Waals surface area contributed by atoms with Crippen LogP contribution < -0.4 is 4.90 Å². The van der Waals surface area contributed by atoms with Crippen molar-refractivity contribution in [2.45, 2.75) is 13.0 Å². The molecule has 0 amide bonds. The molecule has 1 aliphatic heterocycles. The molecule has 2 unspecified atom stereocenters. The normalized spacial score (nSPS) is 21.7. The molecule has 0 spiro atoms. The average molecular weight is 281 g/mol. The third-order valence-corrected chi connectivity index (χ3v) is 3.45. The van der Waals surface area contributed by atoms with Crippen LogP contribution in [-0.4, -0.2) is 47.3 Å². The number of carbonyl (C=O) groups is 1. The maximum Gasteiger partial charge on any atom is 0.311 e. The van der Waals surface area contributed by atoms with E-state index in [4.69, 9.17) is 9.84 Å². The van der Waals surface area contributed by atoms with Crippen molar-refractivity contribution in [2.24, 2.45) is 5.92 Å². The number of hydrogen-bond donors (Lipinski definition) is 1. The van der Waals surface area contributed by atoms with Gasteiger partial charge in [-0.25, -0.2) is 4.98 Å². The van der Waals surface area contributed by atoms with Gasteiger partial charge in [0.1, 0.15) is 17.9 Å². The molecule has 0 aromatic carbocycles. The molecule has 108 valence electrons. The van der Waals surface area contributed by atoms with Gasteiger partial charge in [-0.2, -0.15) is 0 Å². The maximum absolute atomic E-state index is 11.2. The van der Waals surface area contributed by atoms with Crippen molar-refractivity contribution in [1.29, 1.82) is 0 Å². The molecule has 0 bridgehead atoms. The molecule has 0 saturated carbocycles. The molecule has 1 aromatic heterocycles. The molecule has 0 aliphatic carbocycles. The number of aromatic nitrogens is 1. The van der Waals surface area contributed by atoms with Crippen molar-refractivity contribution in [3.05, 3.63) is 27.9 Å². The van der Waals surface area contributed by atoms with Crippen LogP contribution in [0.15, 0.2) is 12.3 Å². The van der Waals surface area contributed by atoms with Crippen LogP contribution >= 0.6 is 0 Å². The summed E-state index contributed by atoms with van der Waals surface area (Å²) in [6.07, 6.45) is 1.17. The highest BCUT2D eigenvalue weighted by Crippen LogP contribution is 2.27. The standard InChI is InChI=1S/C12H15N3O5/c1-7-3-8(15(18)19)4-13-11(7)14(2)10-6-20-5-9(10)12(16)17/h3-4,9-10H,5-6H2,1-2H3,(H,16,17). The lowest BCUT2D eigenvalue weighted by Gasteiger charge is -2.28. The summed E-state index contributed by atoms with van der Waals surface area (Å²) < 4.78 is 5.22. The lowest BCUT2D eigenvalue weighted by Crippen LogP contribution is -2.41. The van der Waals surface area contributed by atoms with Crippen LogP contribution in [-0.2, 0) is 9.53 Å². The van der Waals surface area contributed by atoms with E-state index in [0.29, 0.717) is 18.0 Å². The van der Waals surface area contributed by atoms with E-state index in [-0.39, 0.29) is 18.3 Å². The minimum Gasteiger partial charge on any atom is -0.481 e. The highest BCUT2D eigenvalue weighted by molar-refractivity contribution is 5.72. The number of carboxylic acids is 1. The van der Waals surface area contributed by atoms with E-state index in [9.17, 15) is 14.9 Å². The van der Waals surface area contributed by atoms with Gasteiger partial charge < -0.3 is 14.7 Å². The van der Waals surface area contributed by atoms with Crippen LogP contribution in [0.25, 0.3) is 0 Å². The minimum absolute atomic E-state index is 0.0860. The molecule has 1 saturated heterocycles. The van der Waals surface area contributed by atoms with Crippen molar-refractivity contribution in [3.63, 3.8) is 0 Å². The third kappa shape index (κ3) is 2.55. The van der Waals surface area contributed by atoms with Crippen LogP contribution in [0.1, 0.15) is 5.56 Å². The second kappa shape index (κ2) is 5.41. The number of pyridine rings is 1. The van der Waals surface area contributed by atoms with E-state index in [1.165, 1.54) is 12.3 Å². The first-order valence-corrected chi connectivity index (χ1v) is 6.06. The Kier molecular flexibility index (Phi) is 3.84. The van der Waals surface area contributed by atoms with E-state index in [2.05, 4.69) is 4.98 Å². The molecular weight excluding hydrogens is 266 g/mol. The summed E-state index contributed by atoms with van der Waals surface area (Å²) in [5.41, 5.74) is 0.537. The summed E-state index contributed by atoms with van der Waals surface area (Å²) in [7, 11) is 1.72. The van der Waals surface area contributed by atoms with Gasteiger partial charge in [0.15, 0.2) is 0 Å². The van der Waals surface area contributed by atoms with Crippen LogP contribution in [0.3, 0.4) is 0 Å². The smallest absolute Gasteiger partial charge is 0.311 e. The van der Waals surface area contributed by atoms with Gasteiger partial charge in [0.2, 0.25) is 0 Å². The van der Waals surface area contributed by atoms with Crippen LogP contribution in [0.4, 0.5) is 11.5 Å². The van der Waals surface area contributed by atoms with Gasteiger partial charge in [-0.15, -0.1) is 0 Å². The Bertz CT molecular complexity index is 548. The first-order chi connectivity index (χ1) is 9.41. The van der Waals surface area contributed by atoms with Crippen molar-refractivity contribution >= 4 is 17.5 Å². The van der Waals surface area contributed by atoms with Gasteiger partial charge in [0.25, 0.3) is 5.69 Å². The predicted octanol–water partition coefficient (Wildman–Crippen LogP) is 0.834. The fourth-order valence-electron chi connectivity index (χ4n) is 2.34. The molecule has 2 rings (SSSR count). The van der Waals surface area contributed by atoms with Crippen molar-refractivity contribution < 1.29 is 19.6 Å². The van der Waals surface area contributed by atoms with E-state index in [1.807, 2.05) is 0 Å². The highest BCUT2D eigenvalue weighted by Gasteiger charge is 2.37. The predicted molar refractivity (Wildman–Crippen MR) is 69.8 cm³/mol. The summed E-state index contributed by atoms with van der Waals surface area (Å²) in [6, 6.07) is 1.09. The molecule has 0 radical (unpaired) electrons. The molecule has 20 heavy (non-hydrogen) atoms. The molecule has 8 heteroatoms. The molecule has 1 N–H and O–H groups in total. The molecule has 8 nitrogen and oxygen atoms in total. The number of carboxylic acid groups (broad SMARTS) is 1. The zero-order chi connectivity index (χ0) is 14.9. The molecule has 1 aromatic rings. The van der Waals surface area contributed by atoms with Crippen molar-refractivity contribution in [2.75, 3.05) is 25.2 Å². The lowest BCUT2D eigenvalue weighted by molar-refractivity contribution is -0.385. The monoisotopic (exact) mass is 281 g/mol. The Morgan fingerprint density at radius 2 is 2.30 bits per heavy atom. The van der Waals surface area contributed by atoms with Crippen LogP contribution in [0.2, 0.25) is 0 Å². The molecular formula is C12H15N3O5. The molecule has 2 heterocycles. The topological polar surface area (TPSA) is 106 Å². The molecule has 2 atom stereocenters. The van der Waals surface area contributed by atoms with E-state index >= 15 is 0 Å². The zero-order valence-corrected chi connectivity index (χ0v) is 11.1. The summed E-state index contributed by atoms with van der Waals surface area (Å²) in [5.74, 6) is -1.02. The van der Waals surface area contributed by atoms with Crippen LogP contribution in [0.5, 0.6) is 0 Å². The van der Waals surface area contributed by atoms with Gasteiger partial charge in [-0.05, 0) is 12.5 Å². The zero-order valence-electron chi connectivity index (χ0n) is 11.1. The Morgan fingerprint density at radius 3 is 2.85 bits per heavy atom. The molecule has 1 aliphatic rings. The van der Waals surface area contributed by atoms with E-state index in [0.717, 1.165) is 0 Å². The van der Waals surface area contributed by atoms with Gasteiger partial charge >= 0.3 is 5.97 Å². The minimum atomic E-state index is -0.918. The largest absolute Gasteiger partial charge is 0.481 e. The Balaban J connectivity index is 2.27. The average Bonchev–Trinajstić information content (AvgIpc) is 2.87. The fraction of sp³-hybridized carbons (Fsp3) is 0.500. The quantitative estimate of drug-likeness (QED) is 0.643. The van der Waals surface area contributed by atoms with Crippen molar-refractivity contribution in [1.82, 2.24) is 4.98 Å². The first-order valence-electron chi connectivity index (χ1n) is 6.06. The Morgan fingerprint density at radius 1 is 1.60 bits per heavy atom. The summed E-state index contributed by atoms with van der Waals surface area (Å²) in [6.45, 7) is 2.17. The number of aliphatic carboxylic acids is 1. The van der Waals surface area contributed by atoms with E-state index in [1.54, 1.807) is 18.9 Å². The maximum atomic E-state index is 11.2. The number of anilines is 1. The van der Waals surface area contributed by atoms with E-state index < -0.39 is 16.8 Å². The number of hydrogen-bond acceptors (Lipinski definition) is 6. The van der Waals surface area contributed by atoms with Gasteiger partial charge in [0.05, 0.1) is 24.2 Å². The van der Waals surface area contributed by atoms with Crippen LogP contribution in [0, 0.1) is 23.0 Å². The number of nitro groups is 1. The SMILES string of the molecule is Cc1cc([N+](=O)[O-])cnc1N(C)C1COCC1C(=O)O. The summed E-state index contributed by atoms with van der Waals surface area (Å²) in [5, 5.41) is 19.8. The second-order valence-corrected chi connectivity index (χ2v) is 4.75. The van der Waals surface area contributed by atoms with Gasteiger partial charge in [0, 0.05) is 13.1 Å². The number of likely N-dealkylation sites (N-methyl/N-ethyl adjacent to an activating group) is 1. The first kappa shape index (κ1) is 14.2. The van der Waals surface area contributed by atoms with Crippen molar-refractivity contribution in [3.8, 4) is 0 Å². The summed E-state index contributed by atoms with van der Waals surface area (Å²) in [4.78, 5) is 27.1. The number of rotatable bonds is 4. The summed E-state index contributed by atoms with van der Waals surface area (Å²) >= 11 is 0. The Hall–Kier alpha value is -2.22.